The lowest BCUT2D eigenvalue weighted by Gasteiger charge is -2.21. The highest BCUT2D eigenvalue weighted by atomic mass is 35.5. The summed E-state index contributed by atoms with van der Waals surface area (Å²) in [6.07, 6.45) is 3.46. The highest BCUT2D eigenvalue weighted by molar-refractivity contribution is 8.14. The fourth-order valence-electron chi connectivity index (χ4n) is 3.72. The topological polar surface area (TPSA) is 104 Å². The Morgan fingerprint density at radius 2 is 2.05 bits per heavy atom. The first kappa shape index (κ1) is 26.6. The summed E-state index contributed by atoms with van der Waals surface area (Å²) in [6, 6.07) is 10.9. The molecule has 0 saturated heterocycles. The van der Waals surface area contributed by atoms with Crippen molar-refractivity contribution in [3.63, 3.8) is 0 Å². The minimum Gasteiger partial charge on any atom is -0.495 e. The van der Waals surface area contributed by atoms with Crippen LogP contribution in [0.5, 0.6) is 5.75 Å². The number of halogens is 1. The molecule has 2 aromatic rings. The molecule has 2 fully saturated rings. The Kier molecular flexibility index (Phi) is 8.10. The van der Waals surface area contributed by atoms with E-state index in [2.05, 4.69) is 34.0 Å². The van der Waals surface area contributed by atoms with E-state index >= 15 is 0 Å². The van der Waals surface area contributed by atoms with Gasteiger partial charge in [-0.25, -0.2) is 5.01 Å². The number of aliphatic carboxylic acids is 1. The Hall–Kier alpha value is -3.48. The second-order valence-corrected chi connectivity index (χ2v) is 10.2. The van der Waals surface area contributed by atoms with Gasteiger partial charge in [-0.05, 0) is 67.5 Å². The second-order valence-electron chi connectivity index (χ2n) is 8.83. The number of benzene rings is 2. The Morgan fingerprint density at radius 3 is 2.62 bits per heavy atom. The number of carboxylic acid groups (broad SMARTS) is 1. The smallest absolute Gasteiger partial charge is 0.321 e. The zero-order chi connectivity index (χ0) is 26.6. The average molecular weight is 539 g/mol. The fraction of sp³-hybridized carbons (Fsp3) is 0.333. The summed E-state index contributed by atoms with van der Waals surface area (Å²) >= 11 is 7.73. The van der Waals surface area contributed by atoms with Crippen molar-refractivity contribution in [1.29, 1.82) is 0 Å². The van der Waals surface area contributed by atoms with Gasteiger partial charge in [0.15, 0.2) is 5.17 Å². The SMILES string of the molecule is C=NN(C(=NC)SCC(=O)Nc1ccc(C#CC2(C(=O)O)CC2)cc1OC)c1ccc(C2CC2)cc1Cl. The third kappa shape index (κ3) is 6.27. The molecule has 2 aliphatic carbocycles. The maximum absolute atomic E-state index is 12.7. The Labute approximate surface area is 225 Å². The van der Waals surface area contributed by atoms with E-state index in [1.54, 1.807) is 25.2 Å². The Balaban J connectivity index is 1.39. The van der Waals surface area contributed by atoms with Crippen LogP contribution in [0.4, 0.5) is 11.4 Å². The lowest BCUT2D eigenvalue weighted by molar-refractivity contribution is -0.141. The van der Waals surface area contributed by atoms with Gasteiger partial charge in [-0.2, -0.15) is 5.10 Å². The molecule has 10 heteroatoms. The van der Waals surface area contributed by atoms with Gasteiger partial charge in [0, 0.05) is 19.3 Å². The molecule has 8 nitrogen and oxygen atoms in total. The van der Waals surface area contributed by atoms with Gasteiger partial charge in [0.1, 0.15) is 11.2 Å². The quantitative estimate of drug-likeness (QED) is 0.207. The standard InChI is InChI=1S/C27H27ClN4O4S/c1-29-26(32(30-2)22-9-7-19(15-20(22)28)18-5-6-18)37-16-24(33)31-21-8-4-17(14-23(21)36-3)10-11-27(12-13-27)25(34)35/h4,7-9,14-15,18H,2,5-6,12-13,16H2,1,3H3,(H,31,33)(H,34,35). The number of nitrogens with zero attached hydrogens (tertiary/aromatic N) is 3. The summed E-state index contributed by atoms with van der Waals surface area (Å²) in [4.78, 5) is 28.3. The number of amides is 1. The van der Waals surface area contributed by atoms with Crippen LogP contribution in [0.2, 0.25) is 5.02 Å². The highest BCUT2D eigenvalue weighted by Gasteiger charge is 2.49. The van der Waals surface area contributed by atoms with Crippen molar-refractivity contribution in [2.75, 3.05) is 30.2 Å². The van der Waals surface area contributed by atoms with Gasteiger partial charge in [0.2, 0.25) is 5.91 Å². The molecule has 4 rings (SSSR count). The molecule has 0 aliphatic heterocycles. The van der Waals surface area contributed by atoms with E-state index < -0.39 is 11.4 Å². The van der Waals surface area contributed by atoms with E-state index in [4.69, 9.17) is 16.3 Å². The summed E-state index contributed by atoms with van der Waals surface area (Å²) in [5.41, 5.74) is 2.00. The zero-order valence-electron chi connectivity index (χ0n) is 20.6. The van der Waals surface area contributed by atoms with Gasteiger partial charge in [0.25, 0.3) is 0 Å². The molecule has 0 heterocycles. The molecule has 0 bridgehead atoms. The molecule has 192 valence electrons. The molecule has 0 radical (unpaired) electrons. The summed E-state index contributed by atoms with van der Waals surface area (Å²) in [6.45, 7) is 3.65. The summed E-state index contributed by atoms with van der Waals surface area (Å²) in [5.74, 6) is 5.64. The maximum atomic E-state index is 12.7. The third-order valence-corrected chi connectivity index (χ3v) is 7.50. The molecule has 0 atom stereocenters. The van der Waals surface area contributed by atoms with Crippen LogP contribution in [0, 0.1) is 17.3 Å². The Morgan fingerprint density at radius 1 is 1.30 bits per heavy atom. The van der Waals surface area contributed by atoms with Gasteiger partial charge < -0.3 is 15.2 Å². The predicted molar refractivity (Wildman–Crippen MR) is 149 cm³/mol. The lowest BCUT2D eigenvalue weighted by Crippen LogP contribution is -2.25. The van der Waals surface area contributed by atoms with Crippen molar-refractivity contribution in [3.8, 4) is 17.6 Å². The predicted octanol–water partition coefficient (Wildman–Crippen LogP) is 5.22. The van der Waals surface area contributed by atoms with Crippen LogP contribution in [0.1, 0.15) is 42.7 Å². The number of anilines is 2. The van der Waals surface area contributed by atoms with Crippen LogP contribution in [-0.2, 0) is 9.59 Å². The summed E-state index contributed by atoms with van der Waals surface area (Å²) in [7, 11) is 3.11. The number of hydrazone groups is 1. The van der Waals surface area contributed by atoms with E-state index in [9.17, 15) is 14.7 Å². The molecule has 1 amide bonds. The van der Waals surface area contributed by atoms with Crippen molar-refractivity contribution in [1.82, 2.24) is 0 Å². The number of carbonyl (C=O) groups excluding carboxylic acids is 1. The van der Waals surface area contributed by atoms with Gasteiger partial charge in [-0.15, -0.1) is 0 Å². The number of carboxylic acids is 1. The summed E-state index contributed by atoms with van der Waals surface area (Å²) in [5, 5.41) is 18.7. The number of methoxy groups -OCH3 is 1. The monoisotopic (exact) mass is 538 g/mol. The van der Waals surface area contributed by atoms with Gasteiger partial charge in [0.05, 0.1) is 29.3 Å². The minimum absolute atomic E-state index is 0.0579. The molecular weight excluding hydrogens is 512 g/mol. The first-order valence-electron chi connectivity index (χ1n) is 11.7. The minimum atomic E-state index is -0.937. The number of thioether (sulfide) groups is 1. The normalized spacial score (nSPS) is 15.7. The van der Waals surface area contributed by atoms with Crippen molar-refractivity contribution >= 4 is 58.5 Å². The number of ether oxygens (including phenoxy) is 1. The van der Waals surface area contributed by atoms with Crippen LogP contribution >= 0.6 is 23.4 Å². The van der Waals surface area contributed by atoms with Crippen LogP contribution in [0.15, 0.2) is 46.5 Å². The van der Waals surface area contributed by atoms with Crippen molar-refractivity contribution in [3.05, 3.63) is 52.5 Å². The van der Waals surface area contributed by atoms with Crippen molar-refractivity contribution < 1.29 is 19.4 Å². The lowest BCUT2D eigenvalue weighted by atomic mass is 10.1. The molecule has 2 aliphatic rings. The van der Waals surface area contributed by atoms with Gasteiger partial charge in [-0.1, -0.05) is 41.3 Å². The van der Waals surface area contributed by atoms with E-state index in [0.717, 1.165) is 0 Å². The van der Waals surface area contributed by atoms with Gasteiger partial charge in [-0.3, -0.25) is 14.6 Å². The van der Waals surface area contributed by atoms with Crippen LogP contribution in [-0.4, -0.2) is 48.8 Å². The van der Waals surface area contributed by atoms with Gasteiger partial charge >= 0.3 is 5.97 Å². The zero-order valence-corrected chi connectivity index (χ0v) is 22.2. The molecular formula is C27H27ClN4O4S. The van der Waals surface area contributed by atoms with Crippen molar-refractivity contribution in [2.24, 2.45) is 15.5 Å². The highest BCUT2D eigenvalue weighted by Crippen LogP contribution is 2.45. The van der Waals surface area contributed by atoms with E-state index in [1.807, 2.05) is 18.2 Å². The first-order chi connectivity index (χ1) is 17.8. The van der Waals surface area contributed by atoms with Crippen LogP contribution < -0.4 is 15.1 Å². The molecule has 37 heavy (non-hydrogen) atoms. The number of hydrogen-bond donors (Lipinski definition) is 2. The molecule has 2 N–H and O–H groups in total. The molecule has 2 saturated carbocycles. The number of amidine groups is 1. The second kappa shape index (κ2) is 11.3. The van der Waals surface area contributed by atoms with E-state index in [1.165, 1.54) is 42.3 Å². The molecule has 0 spiro atoms. The molecule has 2 aromatic carbocycles. The Bertz CT molecular complexity index is 1330. The molecule has 0 unspecified atom stereocenters. The van der Waals surface area contributed by atoms with E-state index in [0.29, 0.717) is 51.6 Å². The number of nitrogens with one attached hydrogen (secondary N) is 1. The first-order valence-corrected chi connectivity index (χ1v) is 13.1. The maximum Gasteiger partial charge on any atom is 0.321 e. The van der Waals surface area contributed by atoms with Crippen LogP contribution in [0.25, 0.3) is 0 Å². The third-order valence-electron chi connectivity index (χ3n) is 6.18. The van der Waals surface area contributed by atoms with Crippen LogP contribution in [0.3, 0.4) is 0 Å². The number of aliphatic imine (C=N–C) groups is 1. The largest absolute Gasteiger partial charge is 0.495 e. The van der Waals surface area contributed by atoms with Crippen molar-refractivity contribution in [2.45, 2.75) is 31.6 Å². The number of carbonyl (C=O) groups is 2. The molecule has 0 aromatic heterocycles. The fourth-order valence-corrected chi connectivity index (χ4v) is 4.73. The number of hydrogen-bond acceptors (Lipinski definition) is 6. The number of rotatable bonds is 8. The van der Waals surface area contributed by atoms with E-state index in [-0.39, 0.29) is 11.7 Å². The average Bonchev–Trinajstić information content (AvgIpc) is 3.81. The summed E-state index contributed by atoms with van der Waals surface area (Å²) < 4.78 is 5.41.